The van der Waals surface area contributed by atoms with E-state index in [2.05, 4.69) is 5.32 Å². The van der Waals surface area contributed by atoms with Crippen LogP contribution < -0.4 is 5.32 Å². The minimum Gasteiger partial charge on any atom is -0.480 e. The van der Waals surface area contributed by atoms with Crippen molar-refractivity contribution in [3.63, 3.8) is 0 Å². The first-order valence-electron chi connectivity index (χ1n) is 10.7. The lowest BCUT2D eigenvalue weighted by Crippen LogP contribution is -2.47. The number of aliphatic hydroxyl groups is 1. The van der Waals surface area contributed by atoms with Crippen LogP contribution in [-0.4, -0.2) is 34.2 Å². The van der Waals surface area contributed by atoms with Crippen LogP contribution in [-0.2, 0) is 9.59 Å². The van der Waals surface area contributed by atoms with Crippen molar-refractivity contribution in [1.29, 1.82) is 0 Å². The molecule has 0 aliphatic heterocycles. The number of carboxylic acid groups (broad SMARTS) is 1. The van der Waals surface area contributed by atoms with Gasteiger partial charge >= 0.3 is 5.97 Å². The molecule has 25 heavy (non-hydrogen) atoms. The standard InChI is InChI=1S/C20H39NO4/c1-3-4-5-6-7-8-9-10-11-12-13-14-15-16-18(23)21-19(17(2)22)20(24)25/h17,19,22H,3-16H2,1-2H3,(H,21,23)(H,24,25)/t17-,19+/m1/s1/i1D. The summed E-state index contributed by atoms with van der Waals surface area (Å²) in [5.74, 6) is -1.51. The van der Waals surface area contributed by atoms with Crippen LogP contribution in [0.3, 0.4) is 0 Å². The molecule has 0 saturated carbocycles. The lowest BCUT2D eigenvalue weighted by Gasteiger charge is -2.16. The first-order chi connectivity index (χ1) is 12.5. The van der Waals surface area contributed by atoms with E-state index in [-0.39, 0.29) is 5.91 Å². The van der Waals surface area contributed by atoms with E-state index in [0.717, 1.165) is 25.7 Å². The van der Waals surface area contributed by atoms with E-state index in [1.54, 1.807) is 0 Å². The maximum absolute atomic E-state index is 11.7. The number of carboxylic acids is 1. The van der Waals surface area contributed by atoms with Crippen molar-refractivity contribution in [2.45, 2.75) is 116 Å². The molecular weight excluding hydrogens is 318 g/mol. The van der Waals surface area contributed by atoms with Crippen molar-refractivity contribution in [3.05, 3.63) is 0 Å². The van der Waals surface area contributed by atoms with E-state index in [1.165, 1.54) is 64.7 Å². The van der Waals surface area contributed by atoms with Gasteiger partial charge in [-0.05, 0) is 13.3 Å². The lowest BCUT2D eigenvalue weighted by atomic mass is 10.0. The van der Waals surface area contributed by atoms with E-state index in [0.29, 0.717) is 13.3 Å². The smallest absolute Gasteiger partial charge is 0.328 e. The molecule has 0 unspecified atom stereocenters. The number of hydrogen-bond donors (Lipinski definition) is 3. The van der Waals surface area contributed by atoms with Crippen LogP contribution >= 0.6 is 0 Å². The first kappa shape index (κ1) is 21.9. The topological polar surface area (TPSA) is 86.6 Å². The van der Waals surface area contributed by atoms with Gasteiger partial charge in [0.25, 0.3) is 0 Å². The second-order valence-corrected chi connectivity index (χ2v) is 6.97. The fraction of sp³-hybridized carbons (Fsp3) is 0.900. The predicted molar refractivity (Wildman–Crippen MR) is 102 cm³/mol. The molecular formula is C20H39NO4. The Balaban J connectivity index is 3.38. The molecule has 5 nitrogen and oxygen atoms in total. The summed E-state index contributed by atoms with van der Waals surface area (Å²) in [5.41, 5.74) is 0. The highest BCUT2D eigenvalue weighted by atomic mass is 16.4. The van der Waals surface area contributed by atoms with Gasteiger partial charge in [0.2, 0.25) is 5.91 Å². The summed E-state index contributed by atoms with van der Waals surface area (Å²) in [5, 5.41) is 20.6. The summed E-state index contributed by atoms with van der Waals surface area (Å²) in [6.07, 6.45) is 14.5. The minimum atomic E-state index is -1.22. The third-order valence-corrected chi connectivity index (χ3v) is 4.47. The molecule has 0 heterocycles. The fourth-order valence-corrected chi connectivity index (χ4v) is 2.86. The first-order valence-corrected chi connectivity index (χ1v) is 9.98. The molecule has 5 heteroatoms. The highest BCUT2D eigenvalue weighted by molar-refractivity contribution is 5.83. The van der Waals surface area contributed by atoms with Crippen LogP contribution in [0.5, 0.6) is 0 Å². The predicted octanol–water partition coefficient (Wildman–Crippen LogP) is 4.42. The van der Waals surface area contributed by atoms with Gasteiger partial charge in [-0.3, -0.25) is 4.79 Å². The number of hydrogen-bond acceptors (Lipinski definition) is 3. The molecule has 0 bridgehead atoms. The van der Waals surface area contributed by atoms with Crippen molar-refractivity contribution in [2.24, 2.45) is 0 Å². The quantitative estimate of drug-likeness (QED) is 0.336. The third-order valence-electron chi connectivity index (χ3n) is 4.47. The van der Waals surface area contributed by atoms with E-state index in [9.17, 15) is 14.7 Å². The lowest BCUT2D eigenvalue weighted by molar-refractivity contribution is -0.144. The Morgan fingerprint density at radius 2 is 1.32 bits per heavy atom. The summed E-state index contributed by atoms with van der Waals surface area (Å²) in [6.45, 7) is 1.92. The molecule has 3 N–H and O–H groups in total. The molecule has 0 saturated heterocycles. The zero-order chi connectivity index (χ0) is 19.6. The molecule has 0 radical (unpaired) electrons. The van der Waals surface area contributed by atoms with Crippen LogP contribution in [0.2, 0.25) is 0 Å². The van der Waals surface area contributed by atoms with Crippen LogP contribution in [0, 0.1) is 0 Å². The summed E-state index contributed by atoms with van der Waals surface area (Å²) in [6, 6.07) is -1.22. The Labute approximate surface area is 155 Å². The second kappa shape index (κ2) is 16.4. The monoisotopic (exact) mass is 358 g/mol. The molecule has 0 aliphatic carbocycles. The number of rotatable bonds is 17. The highest BCUT2D eigenvalue weighted by Crippen LogP contribution is 2.13. The number of carbonyl (C=O) groups excluding carboxylic acids is 1. The number of nitrogens with one attached hydrogen (secondary N) is 1. The van der Waals surface area contributed by atoms with Crippen molar-refractivity contribution in [2.75, 3.05) is 0 Å². The molecule has 0 aliphatic rings. The van der Waals surface area contributed by atoms with Gasteiger partial charge in [-0.25, -0.2) is 4.79 Å². The maximum atomic E-state index is 11.7. The van der Waals surface area contributed by atoms with Gasteiger partial charge in [-0.2, -0.15) is 0 Å². The maximum Gasteiger partial charge on any atom is 0.328 e. The fourth-order valence-electron chi connectivity index (χ4n) is 2.86. The minimum absolute atomic E-state index is 0.305. The number of amides is 1. The third kappa shape index (κ3) is 14.9. The zero-order valence-corrected chi connectivity index (χ0v) is 16.0. The van der Waals surface area contributed by atoms with Crippen molar-refractivity contribution >= 4 is 11.9 Å². The van der Waals surface area contributed by atoms with Gasteiger partial charge in [0.05, 0.1) is 6.10 Å². The van der Waals surface area contributed by atoms with Crippen LogP contribution in [0.4, 0.5) is 0 Å². The van der Waals surface area contributed by atoms with Gasteiger partial charge in [0.1, 0.15) is 0 Å². The van der Waals surface area contributed by atoms with Crippen LogP contribution in [0.15, 0.2) is 0 Å². The van der Waals surface area contributed by atoms with Crippen molar-refractivity contribution in [3.8, 4) is 0 Å². The largest absolute Gasteiger partial charge is 0.480 e. The number of unbranched alkanes of at least 4 members (excludes halogenated alkanes) is 12. The van der Waals surface area contributed by atoms with Gasteiger partial charge in [0.15, 0.2) is 6.04 Å². The van der Waals surface area contributed by atoms with Gasteiger partial charge in [0, 0.05) is 7.79 Å². The average molecular weight is 359 g/mol. The van der Waals surface area contributed by atoms with E-state index >= 15 is 0 Å². The molecule has 0 aromatic heterocycles. The Kier molecular flexibility index (Phi) is 14.4. The summed E-state index contributed by atoms with van der Waals surface area (Å²) >= 11 is 0. The van der Waals surface area contributed by atoms with E-state index in [1.807, 2.05) is 0 Å². The molecule has 2 atom stereocenters. The Bertz CT molecular complexity index is 364. The SMILES string of the molecule is [2H]CCCCCCCCCCCCCCCC(=O)N[C@H](C(=O)O)[C@@H](C)O. The molecule has 0 aromatic rings. The molecule has 0 aromatic carbocycles. The summed E-state index contributed by atoms with van der Waals surface area (Å²) in [4.78, 5) is 22.6. The molecule has 1 amide bonds. The molecule has 0 spiro atoms. The second-order valence-electron chi connectivity index (χ2n) is 6.97. The van der Waals surface area contributed by atoms with E-state index < -0.39 is 18.1 Å². The number of aliphatic hydroxyl groups excluding tert-OH is 1. The van der Waals surface area contributed by atoms with Crippen LogP contribution in [0.25, 0.3) is 0 Å². The van der Waals surface area contributed by atoms with Crippen molar-refractivity contribution in [1.82, 2.24) is 5.32 Å². The Morgan fingerprint density at radius 3 is 1.72 bits per heavy atom. The van der Waals surface area contributed by atoms with Gasteiger partial charge in [-0.15, -0.1) is 0 Å². The van der Waals surface area contributed by atoms with Crippen LogP contribution in [0.1, 0.15) is 105 Å². The Morgan fingerprint density at radius 1 is 0.880 bits per heavy atom. The molecule has 0 rings (SSSR count). The zero-order valence-electron chi connectivity index (χ0n) is 17.0. The van der Waals surface area contributed by atoms with Gasteiger partial charge in [-0.1, -0.05) is 83.9 Å². The summed E-state index contributed by atoms with van der Waals surface area (Å²) in [7, 11) is 0. The normalized spacial score (nSPS) is 13.9. The Hall–Kier alpha value is -1.10. The average Bonchev–Trinajstić information content (AvgIpc) is 2.59. The number of carbonyl (C=O) groups is 2. The van der Waals surface area contributed by atoms with E-state index in [4.69, 9.17) is 6.48 Å². The molecule has 0 fully saturated rings. The molecule has 148 valence electrons. The highest BCUT2D eigenvalue weighted by Gasteiger charge is 2.24. The van der Waals surface area contributed by atoms with Gasteiger partial charge < -0.3 is 15.5 Å². The number of aliphatic carboxylic acids is 1. The summed E-state index contributed by atoms with van der Waals surface area (Å²) < 4.78 is 7.08. The van der Waals surface area contributed by atoms with Crippen molar-refractivity contribution < 1.29 is 21.2 Å².